The molecule has 3 rings (SSSR count). The van der Waals surface area contributed by atoms with Gasteiger partial charge in [0.2, 0.25) is 11.8 Å². The molecule has 8 heteroatoms. The number of benzene rings is 2. The number of allylic oxidation sites excluding steroid dienone is 1. The fourth-order valence-corrected chi connectivity index (χ4v) is 2.68. The topological polar surface area (TPSA) is 104 Å². The van der Waals surface area contributed by atoms with Crippen molar-refractivity contribution in [2.45, 2.75) is 6.54 Å². The molecule has 0 saturated heterocycles. The lowest BCUT2D eigenvalue weighted by molar-refractivity contribution is 0.0947. The number of halogens is 1. The second-order valence-electron chi connectivity index (χ2n) is 5.62. The molecule has 0 aliphatic rings. The van der Waals surface area contributed by atoms with Crippen molar-refractivity contribution in [3.05, 3.63) is 71.3 Å². The van der Waals surface area contributed by atoms with Crippen LogP contribution in [0.1, 0.15) is 20.7 Å². The molecule has 2 aromatic carbocycles. The van der Waals surface area contributed by atoms with Crippen LogP contribution in [-0.2, 0) is 6.54 Å². The van der Waals surface area contributed by atoms with Crippen molar-refractivity contribution in [3.63, 3.8) is 0 Å². The molecule has 2 amide bonds. The third-order valence-electron chi connectivity index (χ3n) is 3.89. The summed E-state index contributed by atoms with van der Waals surface area (Å²) < 4.78 is 1.25. The zero-order valence-corrected chi connectivity index (χ0v) is 14.7. The summed E-state index contributed by atoms with van der Waals surface area (Å²) in [4.78, 5) is 24.1. The van der Waals surface area contributed by atoms with Gasteiger partial charge in [0.25, 0.3) is 11.8 Å². The van der Waals surface area contributed by atoms with Crippen molar-refractivity contribution in [1.82, 2.24) is 4.57 Å². The van der Waals surface area contributed by atoms with Crippen LogP contribution in [0.4, 0.5) is 0 Å². The van der Waals surface area contributed by atoms with Gasteiger partial charge in [-0.15, -0.1) is 16.8 Å². The maximum absolute atomic E-state index is 12.2. The molecule has 0 saturated carbocycles. The fraction of sp³-hybridized carbons (Fsp3) is 0.0526. The Hall–Kier alpha value is -3.45. The Labute approximate surface area is 158 Å². The molecular weight excluding hydrogens is 370 g/mol. The maximum Gasteiger partial charge on any atom is 0.295 e. The summed E-state index contributed by atoms with van der Waals surface area (Å²) in [6.45, 7) is 3.76. The summed E-state index contributed by atoms with van der Waals surface area (Å²) in [5.74, 6) is -1.78. The molecule has 7 nitrogen and oxygen atoms in total. The first-order valence-electron chi connectivity index (χ1n) is 7.83. The molecule has 1 heterocycles. The van der Waals surface area contributed by atoms with E-state index in [4.69, 9.17) is 11.6 Å². The number of amides is 2. The van der Waals surface area contributed by atoms with Crippen molar-refractivity contribution < 1.29 is 19.8 Å². The Balaban J connectivity index is 1.87. The van der Waals surface area contributed by atoms with Gasteiger partial charge in [-0.25, -0.2) is 0 Å². The summed E-state index contributed by atoms with van der Waals surface area (Å²) in [6, 6.07) is 10.3. The lowest BCUT2D eigenvalue weighted by atomic mass is 10.1. The molecular formula is C19H14ClN3O4. The average Bonchev–Trinajstić information content (AvgIpc) is 2.91. The van der Waals surface area contributed by atoms with Gasteiger partial charge in [0.1, 0.15) is 0 Å². The molecule has 3 aromatic rings. The van der Waals surface area contributed by atoms with E-state index in [1.165, 1.54) is 53.1 Å². The first kappa shape index (κ1) is 18.3. The van der Waals surface area contributed by atoms with Gasteiger partial charge < -0.3 is 10.2 Å². The van der Waals surface area contributed by atoms with E-state index < -0.39 is 11.8 Å². The molecule has 0 bridgehead atoms. The Kier molecular flexibility index (Phi) is 5.05. The van der Waals surface area contributed by atoms with Crippen LogP contribution >= 0.6 is 11.6 Å². The number of azo groups is 1. The molecule has 0 aliphatic heterocycles. The molecule has 1 aromatic heterocycles. The smallest absolute Gasteiger partial charge is 0.295 e. The van der Waals surface area contributed by atoms with Crippen LogP contribution in [0.15, 0.2) is 65.3 Å². The summed E-state index contributed by atoms with van der Waals surface area (Å²) in [5, 5.41) is 28.3. The number of hydrogen-bond acceptors (Lipinski definition) is 4. The minimum Gasteiger partial charge on any atom is -0.494 e. The standard InChI is InChI=1S/C19H14ClN3O4/c1-2-9-23-18(26)14-8-5-12(10-15(14)19(23)27)17(25)22-21-16(24)11-3-6-13(20)7-4-11/h2-8,10,26-27H,1,9H2. The van der Waals surface area contributed by atoms with Crippen LogP contribution in [0, 0.1) is 0 Å². The van der Waals surface area contributed by atoms with E-state index in [-0.39, 0.29) is 34.8 Å². The highest BCUT2D eigenvalue weighted by molar-refractivity contribution is 6.30. The van der Waals surface area contributed by atoms with Gasteiger partial charge in [0.15, 0.2) is 0 Å². The van der Waals surface area contributed by atoms with E-state index in [1.807, 2.05) is 0 Å². The predicted octanol–water partition coefficient (Wildman–Crippen LogP) is 4.32. The predicted molar refractivity (Wildman–Crippen MR) is 100 cm³/mol. The first-order valence-corrected chi connectivity index (χ1v) is 8.21. The SMILES string of the molecule is C=CCn1c(O)c2ccc(C(=O)N=NC(=O)c3ccc(Cl)cc3)cc2c1O. The summed E-state index contributed by atoms with van der Waals surface area (Å²) in [5.41, 5.74) is 0.358. The second kappa shape index (κ2) is 7.43. The number of carbonyl (C=O) groups is 2. The van der Waals surface area contributed by atoms with E-state index >= 15 is 0 Å². The summed E-state index contributed by atoms with van der Waals surface area (Å²) >= 11 is 5.75. The van der Waals surface area contributed by atoms with Crippen LogP contribution in [0.2, 0.25) is 5.02 Å². The van der Waals surface area contributed by atoms with Crippen LogP contribution in [0.25, 0.3) is 10.8 Å². The quantitative estimate of drug-likeness (QED) is 0.517. The number of aromatic hydroxyl groups is 2. The molecule has 0 unspecified atom stereocenters. The zero-order valence-electron chi connectivity index (χ0n) is 14.0. The van der Waals surface area contributed by atoms with Gasteiger partial charge in [-0.05, 0) is 42.5 Å². The molecule has 0 spiro atoms. The van der Waals surface area contributed by atoms with Crippen LogP contribution < -0.4 is 0 Å². The van der Waals surface area contributed by atoms with Gasteiger partial charge in [0.05, 0.1) is 0 Å². The highest BCUT2D eigenvalue weighted by atomic mass is 35.5. The van der Waals surface area contributed by atoms with E-state index in [9.17, 15) is 19.8 Å². The highest BCUT2D eigenvalue weighted by Gasteiger charge is 2.17. The van der Waals surface area contributed by atoms with Gasteiger partial charge in [-0.3, -0.25) is 14.2 Å². The average molecular weight is 384 g/mol. The minimum atomic E-state index is -0.755. The summed E-state index contributed by atoms with van der Waals surface area (Å²) in [6.07, 6.45) is 1.51. The van der Waals surface area contributed by atoms with E-state index in [2.05, 4.69) is 16.8 Å². The van der Waals surface area contributed by atoms with Gasteiger partial charge in [-0.1, -0.05) is 17.7 Å². The van der Waals surface area contributed by atoms with E-state index in [0.717, 1.165) is 0 Å². The van der Waals surface area contributed by atoms with Crippen LogP contribution in [0.3, 0.4) is 0 Å². The lowest BCUT2D eigenvalue weighted by Gasteiger charge is -2.01. The lowest BCUT2D eigenvalue weighted by Crippen LogP contribution is -1.97. The maximum atomic E-state index is 12.2. The van der Waals surface area contributed by atoms with Crippen LogP contribution in [0.5, 0.6) is 11.8 Å². The fourth-order valence-electron chi connectivity index (χ4n) is 2.55. The van der Waals surface area contributed by atoms with Gasteiger partial charge in [-0.2, -0.15) is 0 Å². The highest BCUT2D eigenvalue weighted by Crippen LogP contribution is 2.36. The Morgan fingerprint density at radius 1 is 0.963 bits per heavy atom. The zero-order chi connectivity index (χ0) is 19.6. The van der Waals surface area contributed by atoms with Crippen LogP contribution in [-0.4, -0.2) is 26.6 Å². The number of nitrogens with zero attached hydrogens (tertiary/aromatic N) is 3. The summed E-state index contributed by atoms with van der Waals surface area (Å²) in [7, 11) is 0. The number of aromatic nitrogens is 1. The molecule has 0 fully saturated rings. The van der Waals surface area contributed by atoms with E-state index in [0.29, 0.717) is 10.4 Å². The van der Waals surface area contributed by atoms with E-state index in [1.54, 1.807) is 0 Å². The van der Waals surface area contributed by atoms with Gasteiger partial charge in [0, 0.05) is 33.5 Å². The van der Waals surface area contributed by atoms with Gasteiger partial charge >= 0.3 is 0 Å². The third-order valence-corrected chi connectivity index (χ3v) is 4.15. The molecule has 0 atom stereocenters. The first-order chi connectivity index (χ1) is 12.9. The number of carbonyl (C=O) groups excluding carboxylic acids is 2. The second-order valence-corrected chi connectivity index (χ2v) is 6.06. The van der Waals surface area contributed by atoms with Crippen molar-refractivity contribution in [1.29, 1.82) is 0 Å². The molecule has 0 radical (unpaired) electrons. The number of rotatable bonds is 4. The van der Waals surface area contributed by atoms with Crippen molar-refractivity contribution in [2.75, 3.05) is 0 Å². The largest absolute Gasteiger partial charge is 0.494 e. The Morgan fingerprint density at radius 3 is 2.15 bits per heavy atom. The molecule has 27 heavy (non-hydrogen) atoms. The third kappa shape index (κ3) is 3.58. The number of hydrogen-bond donors (Lipinski definition) is 2. The molecule has 136 valence electrons. The van der Waals surface area contributed by atoms with Crippen molar-refractivity contribution >= 4 is 34.2 Å². The molecule has 0 aliphatic carbocycles. The van der Waals surface area contributed by atoms with Crippen molar-refractivity contribution in [3.8, 4) is 11.8 Å². The Bertz CT molecular complexity index is 1080. The van der Waals surface area contributed by atoms with Crippen molar-refractivity contribution in [2.24, 2.45) is 10.2 Å². The number of fused-ring (bicyclic) bond motifs is 1. The normalized spacial score (nSPS) is 11.1. The Morgan fingerprint density at radius 2 is 1.52 bits per heavy atom. The minimum absolute atomic E-state index is 0.112. The molecule has 2 N–H and O–H groups in total. The monoisotopic (exact) mass is 383 g/mol.